The number of aliphatic imine (C=N–C) groups is 1. The summed E-state index contributed by atoms with van der Waals surface area (Å²) in [5, 5.41) is 2.59. The number of carbonyl (C=O) groups excluding carboxylic acids is 2. The Kier molecular flexibility index (Phi) is 8.42. The van der Waals surface area contributed by atoms with Crippen LogP contribution in [0, 0.1) is 0 Å². The standard InChI is InChI=1S/C23H24N2O4/c1-17(21(22(26)28-3)24-15-19-10-6-4-7-11-19)14-18(2)25-23(27)29-16-20-12-8-5-9-13-20/h4-13,15,21H,16H2,1-3H3,(H,25,27)/b24-15+/t14?,21-/m0/s1. The second-order valence-electron chi connectivity index (χ2n) is 6.23. The topological polar surface area (TPSA) is 77.0 Å². The third kappa shape index (κ3) is 7.48. The molecule has 2 aromatic carbocycles. The Morgan fingerprint density at radius 1 is 1.07 bits per heavy atom. The molecular weight excluding hydrogens is 368 g/mol. The molecule has 0 unspecified atom stereocenters. The maximum Gasteiger partial charge on any atom is 0.412 e. The van der Waals surface area contributed by atoms with E-state index in [-0.39, 0.29) is 6.61 Å². The first-order valence-electron chi connectivity index (χ1n) is 9.07. The summed E-state index contributed by atoms with van der Waals surface area (Å²) in [7, 11) is 1.30. The zero-order valence-electron chi connectivity index (χ0n) is 16.7. The lowest BCUT2D eigenvalue weighted by molar-refractivity contribution is -0.141. The summed E-state index contributed by atoms with van der Waals surface area (Å²) in [6, 6.07) is 17.9. The van der Waals surface area contributed by atoms with Crippen molar-refractivity contribution in [3.8, 4) is 0 Å². The van der Waals surface area contributed by atoms with Gasteiger partial charge in [0.15, 0.2) is 6.04 Å². The summed E-state index contributed by atoms with van der Waals surface area (Å²) in [4.78, 5) is 28.4. The highest BCUT2D eigenvalue weighted by Gasteiger charge is 2.19. The highest BCUT2D eigenvalue weighted by molar-refractivity contribution is 5.85. The summed E-state index contributed by atoms with van der Waals surface area (Å²) < 4.78 is 10.0. The van der Waals surface area contributed by atoms with Gasteiger partial charge in [0.05, 0.1) is 12.8 Å². The Morgan fingerprint density at radius 2 is 1.69 bits per heavy atom. The van der Waals surface area contributed by atoms with Crippen molar-refractivity contribution in [2.75, 3.05) is 7.11 Å². The molecule has 0 radical (unpaired) electrons. The van der Waals surface area contributed by atoms with Crippen molar-refractivity contribution in [2.45, 2.75) is 26.5 Å². The SMILES string of the molecule is COC(=O)[C@@H](/N=C/c1ccccc1)C(C)=C=C(C)NC(=O)OCc1ccccc1. The van der Waals surface area contributed by atoms with E-state index in [0.29, 0.717) is 11.3 Å². The molecule has 0 spiro atoms. The predicted molar refractivity (Wildman–Crippen MR) is 111 cm³/mol. The molecule has 0 saturated heterocycles. The molecule has 0 heterocycles. The number of carbonyl (C=O) groups is 2. The van der Waals surface area contributed by atoms with E-state index in [4.69, 9.17) is 9.47 Å². The van der Waals surface area contributed by atoms with Crippen LogP contribution in [0.1, 0.15) is 25.0 Å². The molecule has 0 aliphatic carbocycles. The molecule has 1 amide bonds. The van der Waals surface area contributed by atoms with Gasteiger partial charge < -0.3 is 9.47 Å². The van der Waals surface area contributed by atoms with Crippen LogP contribution in [0.15, 0.2) is 82.7 Å². The van der Waals surface area contributed by atoms with E-state index in [9.17, 15) is 9.59 Å². The van der Waals surface area contributed by atoms with Gasteiger partial charge in [-0.1, -0.05) is 66.4 Å². The minimum absolute atomic E-state index is 0.162. The van der Waals surface area contributed by atoms with E-state index in [0.717, 1.165) is 11.1 Å². The zero-order valence-corrected chi connectivity index (χ0v) is 16.7. The van der Waals surface area contributed by atoms with Crippen LogP contribution in [-0.4, -0.2) is 31.4 Å². The fraction of sp³-hybridized carbons (Fsp3) is 0.217. The molecule has 0 saturated carbocycles. The van der Waals surface area contributed by atoms with Crippen LogP contribution in [0.4, 0.5) is 4.79 Å². The average molecular weight is 392 g/mol. The molecule has 1 N–H and O–H groups in total. The Balaban J connectivity index is 2.07. The van der Waals surface area contributed by atoms with Gasteiger partial charge in [0.2, 0.25) is 0 Å². The van der Waals surface area contributed by atoms with Gasteiger partial charge in [-0.05, 0) is 25.0 Å². The van der Waals surface area contributed by atoms with Gasteiger partial charge in [-0.2, -0.15) is 0 Å². The molecule has 2 aromatic rings. The quantitative estimate of drug-likeness (QED) is 0.439. The third-order valence-corrected chi connectivity index (χ3v) is 3.89. The van der Waals surface area contributed by atoms with Gasteiger partial charge in [0, 0.05) is 11.8 Å². The van der Waals surface area contributed by atoms with E-state index in [2.05, 4.69) is 16.0 Å². The highest BCUT2D eigenvalue weighted by Crippen LogP contribution is 2.09. The Labute approximate surface area is 170 Å². The van der Waals surface area contributed by atoms with Gasteiger partial charge in [0.1, 0.15) is 6.61 Å². The first-order chi connectivity index (χ1) is 14.0. The molecule has 1 atom stereocenters. The van der Waals surface area contributed by atoms with Gasteiger partial charge in [-0.25, -0.2) is 9.59 Å². The molecule has 0 fully saturated rings. The number of alkyl carbamates (subject to hydrolysis) is 1. The van der Waals surface area contributed by atoms with Crippen molar-refractivity contribution in [1.82, 2.24) is 5.32 Å². The third-order valence-electron chi connectivity index (χ3n) is 3.89. The maximum absolute atomic E-state index is 12.1. The van der Waals surface area contributed by atoms with Gasteiger partial charge >= 0.3 is 12.1 Å². The number of ether oxygens (including phenoxy) is 2. The lowest BCUT2D eigenvalue weighted by atomic mass is 10.1. The fourth-order valence-electron chi connectivity index (χ4n) is 2.47. The van der Waals surface area contributed by atoms with Crippen LogP contribution in [0.3, 0.4) is 0 Å². The minimum atomic E-state index is -0.864. The monoisotopic (exact) mass is 392 g/mol. The molecule has 6 nitrogen and oxygen atoms in total. The zero-order chi connectivity index (χ0) is 21.1. The lowest BCUT2D eigenvalue weighted by Gasteiger charge is -2.10. The van der Waals surface area contributed by atoms with Crippen LogP contribution in [0.25, 0.3) is 0 Å². The Bertz CT molecular complexity index is 914. The molecule has 0 bridgehead atoms. The summed E-state index contributed by atoms with van der Waals surface area (Å²) >= 11 is 0. The largest absolute Gasteiger partial charge is 0.467 e. The number of hydrogen-bond donors (Lipinski definition) is 1. The Morgan fingerprint density at radius 3 is 2.31 bits per heavy atom. The minimum Gasteiger partial charge on any atom is -0.467 e. The maximum atomic E-state index is 12.1. The Hall–Kier alpha value is -3.63. The molecule has 0 aliphatic rings. The second kappa shape index (κ2) is 11.3. The van der Waals surface area contributed by atoms with Gasteiger partial charge in [-0.3, -0.25) is 10.3 Å². The number of methoxy groups -OCH3 is 1. The van der Waals surface area contributed by atoms with Crippen molar-refractivity contribution in [3.05, 3.63) is 88.8 Å². The van der Waals surface area contributed by atoms with Crippen molar-refractivity contribution < 1.29 is 19.1 Å². The van der Waals surface area contributed by atoms with Crippen molar-refractivity contribution in [3.63, 3.8) is 0 Å². The first kappa shape index (κ1) is 21.7. The number of nitrogens with zero attached hydrogens (tertiary/aromatic N) is 1. The van der Waals surface area contributed by atoms with E-state index < -0.39 is 18.1 Å². The van der Waals surface area contributed by atoms with Crippen LogP contribution < -0.4 is 5.32 Å². The summed E-state index contributed by atoms with van der Waals surface area (Å²) in [6.45, 7) is 3.52. The molecule has 29 heavy (non-hydrogen) atoms. The lowest BCUT2D eigenvalue weighted by Crippen LogP contribution is -2.23. The molecular formula is C23H24N2O4. The predicted octanol–water partition coefficient (Wildman–Crippen LogP) is 4.02. The van der Waals surface area contributed by atoms with Gasteiger partial charge in [-0.15, -0.1) is 0 Å². The molecule has 150 valence electrons. The fourth-order valence-corrected chi connectivity index (χ4v) is 2.47. The van der Waals surface area contributed by atoms with E-state index in [1.165, 1.54) is 7.11 Å². The number of nitrogens with one attached hydrogen (secondary N) is 1. The number of esters is 1. The van der Waals surface area contributed by atoms with Crippen molar-refractivity contribution >= 4 is 18.3 Å². The number of hydrogen-bond acceptors (Lipinski definition) is 5. The van der Waals surface area contributed by atoms with E-state index in [1.54, 1.807) is 20.1 Å². The van der Waals surface area contributed by atoms with E-state index >= 15 is 0 Å². The first-order valence-corrected chi connectivity index (χ1v) is 9.07. The van der Waals surface area contributed by atoms with Crippen LogP contribution in [-0.2, 0) is 20.9 Å². The summed E-state index contributed by atoms with van der Waals surface area (Å²) in [5.74, 6) is -0.512. The second-order valence-corrected chi connectivity index (χ2v) is 6.23. The molecule has 2 rings (SSSR count). The number of rotatable bonds is 7. The smallest absolute Gasteiger partial charge is 0.412 e. The van der Waals surface area contributed by atoms with Crippen molar-refractivity contribution in [1.29, 1.82) is 0 Å². The molecule has 0 aromatic heterocycles. The molecule has 6 heteroatoms. The number of benzene rings is 2. The molecule has 0 aliphatic heterocycles. The summed E-state index contributed by atoms with van der Waals surface area (Å²) in [6.07, 6.45) is 0.998. The van der Waals surface area contributed by atoms with Gasteiger partial charge in [0.25, 0.3) is 0 Å². The summed E-state index contributed by atoms with van der Waals surface area (Å²) in [5.41, 5.74) is 5.62. The van der Waals surface area contributed by atoms with Crippen LogP contribution in [0.5, 0.6) is 0 Å². The average Bonchev–Trinajstić information content (AvgIpc) is 2.73. The van der Waals surface area contributed by atoms with E-state index in [1.807, 2.05) is 60.7 Å². The van der Waals surface area contributed by atoms with Crippen LogP contribution in [0.2, 0.25) is 0 Å². The normalized spacial score (nSPS) is 11.3. The highest BCUT2D eigenvalue weighted by atomic mass is 16.5. The number of amides is 1. The van der Waals surface area contributed by atoms with Crippen molar-refractivity contribution in [2.24, 2.45) is 4.99 Å². The van der Waals surface area contributed by atoms with Crippen LogP contribution >= 0.6 is 0 Å².